The van der Waals surface area contributed by atoms with Gasteiger partial charge in [0, 0.05) is 29.9 Å². The molecular formula is C26H23F3N6O3. The summed E-state index contributed by atoms with van der Waals surface area (Å²) in [4.78, 5) is 34.8. The molecule has 1 aliphatic rings. The van der Waals surface area contributed by atoms with Crippen LogP contribution in [0.5, 0.6) is 11.6 Å². The summed E-state index contributed by atoms with van der Waals surface area (Å²) in [6.07, 6.45) is 0.00142. The molecular weight excluding hydrogens is 501 g/mol. The first kappa shape index (κ1) is 25.2. The van der Waals surface area contributed by atoms with Gasteiger partial charge in [0.05, 0.1) is 22.8 Å². The average Bonchev–Trinajstić information content (AvgIpc) is 3.51. The lowest BCUT2D eigenvalue weighted by molar-refractivity contribution is -0.137. The summed E-state index contributed by atoms with van der Waals surface area (Å²) in [5.74, 6) is 0.428. The van der Waals surface area contributed by atoms with Crippen LogP contribution in [0.2, 0.25) is 0 Å². The maximum atomic E-state index is 13.0. The Morgan fingerprint density at radius 2 is 1.95 bits per heavy atom. The number of rotatable bonds is 6. The van der Waals surface area contributed by atoms with Crippen LogP contribution in [0, 0.1) is 0 Å². The third-order valence-electron chi connectivity index (χ3n) is 6.30. The van der Waals surface area contributed by atoms with Gasteiger partial charge in [-0.1, -0.05) is 6.07 Å². The van der Waals surface area contributed by atoms with Crippen molar-refractivity contribution in [2.75, 3.05) is 11.9 Å². The number of anilines is 1. The van der Waals surface area contributed by atoms with Crippen LogP contribution in [0.1, 0.15) is 24.1 Å². The predicted octanol–water partition coefficient (Wildman–Crippen LogP) is 4.77. The summed E-state index contributed by atoms with van der Waals surface area (Å²) in [5.41, 5.74) is 5.89. The van der Waals surface area contributed by atoms with Gasteiger partial charge in [0.2, 0.25) is 11.8 Å². The minimum Gasteiger partial charge on any atom is -0.439 e. The Labute approximate surface area is 215 Å². The second-order valence-electron chi connectivity index (χ2n) is 8.90. The van der Waals surface area contributed by atoms with E-state index in [1.165, 1.54) is 29.2 Å². The van der Waals surface area contributed by atoms with Gasteiger partial charge < -0.3 is 15.8 Å². The van der Waals surface area contributed by atoms with E-state index in [1.807, 2.05) is 4.90 Å². The van der Waals surface area contributed by atoms with Crippen LogP contribution in [0.4, 0.5) is 23.7 Å². The number of aromatic nitrogens is 3. The summed E-state index contributed by atoms with van der Waals surface area (Å²) < 4.78 is 46.1. The van der Waals surface area contributed by atoms with Crippen LogP contribution < -0.4 is 15.8 Å². The molecule has 12 heteroatoms. The molecule has 196 valence electrons. The number of fused-ring (bicyclic) bond motifs is 1. The molecule has 0 radical (unpaired) electrons. The van der Waals surface area contributed by atoms with E-state index in [0.29, 0.717) is 34.8 Å². The third-order valence-corrected chi connectivity index (χ3v) is 6.30. The van der Waals surface area contributed by atoms with Crippen LogP contribution in [0.25, 0.3) is 10.9 Å². The van der Waals surface area contributed by atoms with E-state index < -0.39 is 17.8 Å². The Balaban J connectivity index is 1.29. The number of hydrogen-bond acceptors (Lipinski definition) is 6. The van der Waals surface area contributed by atoms with Crippen LogP contribution in [0.3, 0.4) is 0 Å². The van der Waals surface area contributed by atoms with E-state index in [0.717, 1.165) is 31.5 Å². The van der Waals surface area contributed by atoms with E-state index in [4.69, 9.17) is 10.5 Å². The Morgan fingerprint density at radius 3 is 2.74 bits per heavy atom. The zero-order valence-electron chi connectivity index (χ0n) is 20.0. The molecule has 3 heterocycles. The molecule has 5 rings (SSSR count). The van der Waals surface area contributed by atoms with Crippen LogP contribution in [0.15, 0.2) is 67.1 Å². The predicted molar refractivity (Wildman–Crippen MR) is 133 cm³/mol. The minimum atomic E-state index is -4.51. The highest BCUT2D eigenvalue weighted by molar-refractivity contribution is 5.98. The molecule has 0 bridgehead atoms. The molecule has 4 aromatic rings. The highest BCUT2D eigenvalue weighted by Gasteiger charge is 2.31. The molecule has 1 aliphatic heterocycles. The molecule has 2 aromatic heterocycles. The number of nitrogens with two attached hydrogens (primary N) is 1. The SMILES string of the molecule is NC(=O)C1CCCN1Cc1cc(Oc2ccc3c(ccn3C(=O)Nc3cccc(C(F)(F)F)c3)c2)ncn1. The van der Waals surface area contributed by atoms with E-state index >= 15 is 0 Å². The molecule has 2 aromatic carbocycles. The number of ether oxygens (including phenoxy) is 1. The van der Waals surface area contributed by atoms with Crippen LogP contribution in [-0.2, 0) is 17.5 Å². The molecule has 2 amide bonds. The van der Waals surface area contributed by atoms with E-state index in [-0.39, 0.29) is 17.6 Å². The number of amides is 2. The average molecular weight is 525 g/mol. The van der Waals surface area contributed by atoms with E-state index in [9.17, 15) is 22.8 Å². The van der Waals surface area contributed by atoms with Crippen molar-refractivity contribution < 1.29 is 27.5 Å². The summed E-state index contributed by atoms with van der Waals surface area (Å²) in [6, 6.07) is 11.9. The first-order valence-electron chi connectivity index (χ1n) is 11.8. The van der Waals surface area contributed by atoms with Crippen molar-refractivity contribution in [3.63, 3.8) is 0 Å². The molecule has 1 unspecified atom stereocenters. The number of nitrogens with one attached hydrogen (secondary N) is 1. The molecule has 3 N–H and O–H groups in total. The standard InChI is InChI=1S/C26H23F3N6O3/c27-26(28,29)17-3-1-4-18(12-17)33-25(37)35-10-8-16-11-20(6-7-21(16)35)38-23-13-19(31-15-32-23)14-34-9-2-5-22(34)24(30)36/h1,3-4,6-8,10-13,15,22H,2,5,9,14H2,(H2,30,36)(H,33,37). The molecule has 0 aliphatic carbocycles. The summed E-state index contributed by atoms with van der Waals surface area (Å²) in [5, 5.41) is 3.17. The van der Waals surface area contributed by atoms with Crippen molar-refractivity contribution in [3.8, 4) is 11.6 Å². The second kappa shape index (κ2) is 10.1. The maximum Gasteiger partial charge on any atom is 0.416 e. The van der Waals surface area contributed by atoms with E-state index in [1.54, 1.807) is 30.3 Å². The molecule has 0 saturated carbocycles. The van der Waals surface area contributed by atoms with Gasteiger partial charge in [0.1, 0.15) is 12.1 Å². The van der Waals surface area contributed by atoms with Crippen molar-refractivity contribution in [2.24, 2.45) is 5.73 Å². The second-order valence-corrected chi connectivity index (χ2v) is 8.90. The molecule has 1 atom stereocenters. The largest absolute Gasteiger partial charge is 0.439 e. The molecule has 9 nitrogen and oxygen atoms in total. The lowest BCUT2D eigenvalue weighted by Gasteiger charge is -2.21. The fourth-order valence-corrected chi connectivity index (χ4v) is 4.50. The van der Waals surface area contributed by atoms with E-state index in [2.05, 4.69) is 15.3 Å². The number of halogens is 3. The van der Waals surface area contributed by atoms with Gasteiger partial charge in [-0.05, 0) is 61.9 Å². The zero-order valence-corrected chi connectivity index (χ0v) is 20.0. The van der Waals surface area contributed by atoms with Crippen molar-refractivity contribution in [1.82, 2.24) is 19.4 Å². The Morgan fingerprint density at radius 1 is 1.11 bits per heavy atom. The fraction of sp³-hybridized carbons (Fsp3) is 0.231. The Bertz CT molecular complexity index is 1500. The molecule has 38 heavy (non-hydrogen) atoms. The molecule has 0 spiro atoms. The summed E-state index contributed by atoms with van der Waals surface area (Å²) in [6.45, 7) is 1.19. The number of likely N-dealkylation sites (tertiary alicyclic amines) is 1. The van der Waals surface area contributed by atoms with Crippen molar-refractivity contribution in [1.29, 1.82) is 0 Å². The third kappa shape index (κ3) is 5.44. The van der Waals surface area contributed by atoms with Crippen LogP contribution in [-0.4, -0.2) is 44.0 Å². The van der Waals surface area contributed by atoms with Gasteiger partial charge in [0.15, 0.2) is 0 Å². The van der Waals surface area contributed by atoms with Crippen LogP contribution >= 0.6 is 0 Å². The normalized spacial score (nSPS) is 16.0. The summed E-state index contributed by atoms with van der Waals surface area (Å²) >= 11 is 0. The smallest absolute Gasteiger partial charge is 0.416 e. The summed E-state index contributed by atoms with van der Waals surface area (Å²) in [7, 11) is 0. The number of primary amides is 1. The first-order chi connectivity index (χ1) is 18.2. The highest BCUT2D eigenvalue weighted by atomic mass is 19.4. The zero-order chi connectivity index (χ0) is 26.9. The minimum absolute atomic E-state index is 0.0299. The number of hydrogen-bond donors (Lipinski definition) is 2. The van der Waals surface area contributed by atoms with Gasteiger partial charge in [-0.3, -0.25) is 14.3 Å². The monoisotopic (exact) mass is 524 g/mol. The molecule has 1 fully saturated rings. The van der Waals surface area contributed by atoms with Gasteiger partial charge in [-0.2, -0.15) is 13.2 Å². The van der Waals surface area contributed by atoms with Gasteiger partial charge in [-0.15, -0.1) is 0 Å². The number of carbonyl (C=O) groups is 2. The van der Waals surface area contributed by atoms with Crippen molar-refractivity contribution in [2.45, 2.75) is 31.6 Å². The molecule has 1 saturated heterocycles. The van der Waals surface area contributed by atoms with Gasteiger partial charge >= 0.3 is 12.2 Å². The Kier molecular flexibility index (Phi) is 6.72. The number of benzene rings is 2. The quantitative estimate of drug-likeness (QED) is 0.375. The van der Waals surface area contributed by atoms with Gasteiger partial charge in [0.25, 0.3) is 0 Å². The maximum absolute atomic E-state index is 13.0. The Hall–Kier alpha value is -4.45. The van der Waals surface area contributed by atoms with Crippen molar-refractivity contribution >= 4 is 28.5 Å². The lowest BCUT2D eigenvalue weighted by atomic mass is 10.2. The topological polar surface area (TPSA) is 115 Å². The number of carbonyl (C=O) groups excluding carboxylic acids is 2. The van der Waals surface area contributed by atoms with Crippen molar-refractivity contribution in [3.05, 3.63) is 78.4 Å². The number of nitrogens with zero attached hydrogens (tertiary/aromatic N) is 4. The number of alkyl halides is 3. The first-order valence-corrected chi connectivity index (χ1v) is 11.8. The fourth-order valence-electron chi connectivity index (χ4n) is 4.50. The highest BCUT2D eigenvalue weighted by Crippen LogP contribution is 2.31. The van der Waals surface area contributed by atoms with Gasteiger partial charge in [-0.25, -0.2) is 14.8 Å². The lowest BCUT2D eigenvalue weighted by Crippen LogP contribution is -2.39.